The van der Waals surface area contributed by atoms with E-state index in [9.17, 15) is 13.2 Å². The zero-order valence-corrected chi connectivity index (χ0v) is 15.7. The Balaban J connectivity index is 2.34. The minimum atomic E-state index is -3.80. The Kier molecular flexibility index (Phi) is 5.25. The molecule has 0 saturated heterocycles. The van der Waals surface area contributed by atoms with Crippen LogP contribution in [0.25, 0.3) is 0 Å². The van der Waals surface area contributed by atoms with E-state index < -0.39 is 15.6 Å². The number of carbonyl (C=O) groups is 1. The monoisotopic (exact) mass is 354 g/mol. The zero-order valence-electron chi connectivity index (χ0n) is 14.9. The van der Waals surface area contributed by atoms with Crippen LogP contribution in [0, 0.1) is 5.92 Å². The van der Waals surface area contributed by atoms with Gasteiger partial charge in [-0.1, -0.05) is 0 Å². The first-order valence-corrected chi connectivity index (χ1v) is 9.49. The van der Waals surface area contributed by atoms with Gasteiger partial charge in [0.05, 0.1) is 7.11 Å². The van der Waals surface area contributed by atoms with Crippen LogP contribution in [0.2, 0.25) is 0 Å². The van der Waals surface area contributed by atoms with E-state index in [2.05, 4.69) is 4.72 Å². The highest BCUT2D eigenvalue weighted by molar-refractivity contribution is 7.89. The van der Waals surface area contributed by atoms with Crippen molar-refractivity contribution < 1.29 is 17.9 Å². The van der Waals surface area contributed by atoms with Crippen molar-refractivity contribution in [2.45, 2.75) is 44.0 Å². The number of nitrogens with one attached hydrogen (secondary N) is 1. The van der Waals surface area contributed by atoms with E-state index in [0.29, 0.717) is 18.0 Å². The summed E-state index contributed by atoms with van der Waals surface area (Å²) < 4.78 is 33.1. The SMILES string of the molecule is COc1ccc(C(=O)N(C)CC2CC2)cc1S(=O)(=O)NC(C)(C)C. The van der Waals surface area contributed by atoms with Crippen molar-refractivity contribution in [1.82, 2.24) is 9.62 Å². The van der Waals surface area contributed by atoms with Crippen molar-refractivity contribution in [2.24, 2.45) is 5.92 Å². The van der Waals surface area contributed by atoms with Gasteiger partial charge in [-0.15, -0.1) is 0 Å². The maximum atomic E-state index is 12.6. The fourth-order valence-corrected chi connectivity index (χ4v) is 4.08. The maximum Gasteiger partial charge on any atom is 0.253 e. The molecule has 1 aliphatic carbocycles. The number of benzene rings is 1. The lowest BCUT2D eigenvalue weighted by molar-refractivity contribution is 0.0788. The van der Waals surface area contributed by atoms with Crippen LogP contribution in [0.4, 0.5) is 0 Å². The molecule has 24 heavy (non-hydrogen) atoms. The molecule has 0 aromatic heterocycles. The number of sulfonamides is 1. The fourth-order valence-electron chi connectivity index (χ4n) is 2.47. The smallest absolute Gasteiger partial charge is 0.253 e. The molecule has 1 N–H and O–H groups in total. The van der Waals surface area contributed by atoms with Gasteiger partial charge >= 0.3 is 0 Å². The van der Waals surface area contributed by atoms with E-state index >= 15 is 0 Å². The Morgan fingerprint density at radius 1 is 1.33 bits per heavy atom. The molecule has 0 aliphatic heterocycles. The number of ether oxygens (including phenoxy) is 1. The van der Waals surface area contributed by atoms with E-state index in [4.69, 9.17) is 4.74 Å². The molecular weight excluding hydrogens is 328 g/mol. The van der Waals surface area contributed by atoms with Crippen molar-refractivity contribution in [3.63, 3.8) is 0 Å². The minimum Gasteiger partial charge on any atom is -0.495 e. The van der Waals surface area contributed by atoms with Crippen LogP contribution in [0.3, 0.4) is 0 Å². The number of nitrogens with zero attached hydrogens (tertiary/aromatic N) is 1. The number of hydrogen-bond acceptors (Lipinski definition) is 4. The summed E-state index contributed by atoms with van der Waals surface area (Å²) in [6.45, 7) is 5.98. The molecule has 1 aromatic rings. The second kappa shape index (κ2) is 6.72. The van der Waals surface area contributed by atoms with Crippen LogP contribution in [0.1, 0.15) is 44.0 Å². The molecule has 1 aromatic carbocycles. The second-order valence-electron chi connectivity index (χ2n) is 7.35. The van der Waals surface area contributed by atoms with Gasteiger partial charge in [-0.3, -0.25) is 4.79 Å². The number of rotatable bonds is 6. The van der Waals surface area contributed by atoms with E-state index in [1.807, 2.05) is 0 Å². The molecule has 2 rings (SSSR count). The first kappa shape index (κ1) is 18.7. The average Bonchev–Trinajstić information content (AvgIpc) is 3.27. The lowest BCUT2D eigenvalue weighted by Gasteiger charge is -2.22. The van der Waals surface area contributed by atoms with Crippen LogP contribution >= 0.6 is 0 Å². The first-order chi connectivity index (χ1) is 11.0. The summed E-state index contributed by atoms with van der Waals surface area (Å²) in [6, 6.07) is 4.51. The van der Waals surface area contributed by atoms with Crippen LogP contribution in [-0.2, 0) is 10.0 Å². The van der Waals surface area contributed by atoms with E-state index in [-0.39, 0.29) is 16.6 Å². The van der Waals surface area contributed by atoms with Crippen molar-refractivity contribution >= 4 is 15.9 Å². The topological polar surface area (TPSA) is 75.7 Å². The summed E-state index contributed by atoms with van der Waals surface area (Å²) in [4.78, 5) is 14.2. The Bertz CT molecular complexity index is 719. The van der Waals surface area contributed by atoms with Gasteiger partial charge in [-0.25, -0.2) is 13.1 Å². The molecule has 134 valence electrons. The summed E-state index contributed by atoms with van der Waals surface area (Å²) in [7, 11) is -0.648. The molecule has 6 nitrogen and oxygen atoms in total. The zero-order chi connectivity index (χ0) is 18.1. The van der Waals surface area contributed by atoms with Crippen LogP contribution in [-0.4, -0.2) is 45.5 Å². The number of carbonyl (C=O) groups excluding carboxylic acids is 1. The van der Waals surface area contributed by atoms with Crippen LogP contribution in [0.5, 0.6) is 5.75 Å². The average molecular weight is 354 g/mol. The highest BCUT2D eigenvalue weighted by Crippen LogP contribution is 2.30. The van der Waals surface area contributed by atoms with Gasteiger partial charge in [0.15, 0.2) is 0 Å². The molecule has 1 amide bonds. The van der Waals surface area contributed by atoms with Gasteiger partial charge < -0.3 is 9.64 Å². The Hall–Kier alpha value is -1.60. The Labute approximate surface area is 144 Å². The first-order valence-electron chi connectivity index (χ1n) is 8.01. The number of methoxy groups -OCH3 is 1. The highest BCUT2D eigenvalue weighted by Gasteiger charge is 2.28. The quantitative estimate of drug-likeness (QED) is 0.850. The third-order valence-electron chi connectivity index (χ3n) is 3.72. The summed E-state index contributed by atoms with van der Waals surface area (Å²) in [5, 5.41) is 0. The summed E-state index contributed by atoms with van der Waals surface area (Å²) in [5.41, 5.74) is -0.291. The third kappa shape index (κ3) is 4.70. The molecular formula is C17H26N2O4S. The van der Waals surface area contributed by atoms with E-state index in [0.717, 1.165) is 12.8 Å². The van der Waals surface area contributed by atoms with Crippen molar-refractivity contribution in [3.05, 3.63) is 23.8 Å². The van der Waals surface area contributed by atoms with Gasteiger partial charge in [0.2, 0.25) is 10.0 Å². The molecule has 0 unspecified atom stereocenters. The molecule has 0 atom stereocenters. The predicted molar refractivity (Wildman–Crippen MR) is 92.8 cm³/mol. The molecule has 1 saturated carbocycles. The van der Waals surface area contributed by atoms with Gasteiger partial charge in [0, 0.05) is 24.7 Å². The summed E-state index contributed by atoms with van der Waals surface area (Å²) in [5.74, 6) is 0.605. The van der Waals surface area contributed by atoms with Crippen LogP contribution < -0.4 is 9.46 Å². The van der Waals surface area contributed by atoms with E-state index in [1.54, 1.807) is 38.8 Å². The normalized spacial score (nSPS) is 15.2. The van der Waals surface area contributed by atoms with Gasteiger partial charge in [0.1, 0.15) is 10.6 Å². The Morgan fingerprint density at radius 3 is 2.46 bits per heavy atom. The summed E-state index contributed by atoms with van der Waals surface area (Å²) >= 11 is 0. The molecule has 1 aliphatic rings. The van der Waals surface area contributed by atoms with E-state index in [1.165, 1.54) is 19.2 Å². The Morgan fingerprint density at radius 2 is 1.96 bits per heavy atom. The number of hydrogen-bond donors (Lipinski definition) is 1. The largest absolute Gasteiger partial charge is 0.495 e. The third-order valence-corrected chi connectivity index (χ3v) is 5.50. The van der Waals surface area contributed by atoms with Crippen molar-refractivity contribution in [2.75, 3.05) is 20.7 Å². The van der Waals surface area contributed by atoms with Crippen molar-refractivity contribution in [1.29, 1.82) is 0 Å². The van der Waals surface area contributed by atoms with Gasteiger partial charge in [-0.05, 0) is 57.7 Å². The van der Waals surface area contributed by atoms with Gasteiger partial charge in [0.25, 0.3) is 5.91 Å². The van der Waals surface area contributed by atoms with Crippen LogP contribution in [0.15, 0.2) is 23.1 Å². The highest BCUT2D eigenvalue weighted by atomic mass is 32.2. The number of amides is 1. The molecule has 0 radical (unpaired) electrons. The molecule has 0 heterocycles. The molecule has 1 fully saturated rings. The minimum absolute atomic E-state index is 0.0226. The summed E-state index contributed by atoms with van der Waals surface area (Å²) in [6.07, 6.45) is 2.30. The predicted octanol–water partition coefficient (Wildman–Crippen LogP) is 2.25. The molecule has 0 spiro atoms. The van der Waals surface area contributed by atoms with Gasteiger partial charge in [-0.2, -0.15) is 0 Å². The maximum absolute atomic E-state index is 12.6. The second-order valence-corrected chi connectivity index (χ2v) is 9.00. The van der Waals surface area contributed by atoms with Crippen molar-refractivity contribution in [3.8, 4) is 5.75 Å². The lowest BCUT2D eigenvalue weighted by Crippen LogP contribution is -2.40. The molecule has 7 heteroatoms. The fraction of sp³-hybridized carbons (Fsp3) is 0.588. The standard InChI is InChI=1S/C17H26N2O4S/c1-17(2,3)18-24(21,22)15-10-13(8-9-14(15)23-5)16(20)19(4)11-12-6-7-12/h8-10,12,18H,6-7,11H2,1-5H3. The molecule has 0 bridgehead atoms. The lowest BCUT2D eigenvalue weighted by atomic mass is 10.1.